The molecular weight excluding hydrogens is 296 g/mol. The molecule has 0 atom stereocenters. The fourth-order valence-corrected chi connectivity index (χ4v) is 2.16. The van der Waals surface area contributed by atoms with Crippen molar-refractivity contribution in [3.63, 3.8) is 0 Å². The van der Waals surface area contributed by atoms with Crippen LogP contribution >= 0.6 is 0 Å². The van der Waals surface area contributed by atoms with Crippen molar-refractivity contribution in [2.24, 2.45) is 0 Å². The molecule has 0 spiro atoms. The summed E-state index contributed by atoms with van der Waals surface area (Å²) in [6.45, 7) is 5.35. The van der Waals surface area contributed by atoms with Crippen molar-refractivity contribution >= 4 is 10.9 Å². The zero-order chi connectivity index (χ0) is 16.1. The second-order valence-corrected chi connectivity index (χ2v) is 4.99. The summed E-state index contributed by atoms with van der Waals surface area (Å²) in [5.74, 6) is 1.85. The number of aromatic amines is 1. The number of fused-ring (bicyclic) bond motifs is 1. The second kappa shape index (κ2) is 6.99. The first-order chi connectivity index (χ1) is 11.3. The van der Waals surface area contributed by atoms with Crippen LogP contribution in [0.3, 0.4) is 0 Å². The first kappa shape index (κ1) is 15.1. The summed E-state index contributed by atoms with van der Waals surface area (Å²) in [5.41, 5.74) is 1.38. The Morgan fingerprint density at radius 2 is 1.74 bits per heavy atom. The Labute approximate surface area is 133 Å². The van der Waals surface area contributed by atoms with E-state index in [0.29, 0.717) is 36.2 Å². The lowest BCUT2D eigenvalue weighted by Gasteiger charge is -2.13. The highest BCUT2D eigenvalue weighted by Crippen LogP contribution is 2.34. The fraction of sp³-hybridized carbons (Fsp3) is 0.400. The average molecular weight is 314 g/mol. The molecular formula is C15H18N6O2. The molecule has 120 valence electrons. The SMILES string of the molecule is CCCOc1cc2ncnc(-c3nnn[nH]3)c2cc1OCCC. The fourth-order valence-electron chi connectivity index (χ4n) is 2.16. The van der Waals surface area contributed by atoms with E-state index in [-0.39, 0.29) is 0 Å². The number of rotatable bonds is 7. The van der Waals surface area contributed by atoms with Gasteiger partial charge < -0.3 is 9.47 Å². The number of nitrogens with zero attached hydrogens (tertiary/aromatic N) is 5. The summed E-state index contributed by atoms with van der Waals surface area (Å²) in [5, 5.41) is 14.6. The van der Waals surface area contributed by atoms with Gasteiger partial charge in [-0.1, -0.05) is 13.8 Å². The van der Waals surface area contributed by atoms with Crippen LogP contribution < -0.4 is 9.47 Å². The van der Waals surface area contributed by atoms with Gasteiger partial charge in [0.2, 0.25) is 0 Å². The summed E-state index contributed by atoms with van der Waals surface area (Å²) >= 11 is 0. The van der Waals surface area contributed by atoms with E-state index in [1.807, 2.05) is 12.1 Å². The molecule has 0 radical (unpaired) electrons. The van der Waals surface area contributed by atoms with E-state index in [1.54, 1.807) is 0 Å². The van der Waals surface area contributed by atoms with Gasteiger partial charge in [-0.25, -0.2) is 15.1 Å². The molecule has 0 saturated heterocycles. The highest BCUT2D eigenvalue weighted by molar-refractivity contribution is 5.92. The van der Waals surface area contributed by atoms with Gasteiger partial charge in [0.05, 0.1) is 18.7 Å². The number of H-pyrrole nitrogens is 1. The second-order valence-electron chi connectivity index (χ2n) is 4.99. The summed E-state index contributed by atoms with van der Waals surface area (Å²) in [7, 11) is 0. The molecule has 8 nitrogen and oxygen atoms in total. The van der Waals surface area contributed by atoms with Gasteiger partial charge in [-0.2, -0.15) is 0 Å². The van der Waals surface area contributed by atoms with Gasteiger partial charge >= 0.3 is 0 Å². The zero-order valence-corrected chi connectivity index (χ0v) is 13.1. The van der Waals surface area contributed by atoms with Gasteiger partial charge in [-0.3, -0.25) is 0 Å². The van der Waals surface area contributed by atoms with Crippen molar-refractivity contribution in [2.75, 3.05) is 13.2 Å². The normalized spacial score (nSPS) is 10.9. The van der Waals surface area contributed by atoms with Crippen LogP contribution in [0.15, 0.2) is 18.5 Å². The minimum atomic E-state index is 0.487. The number of hydrogen-bond acceptors (Lipinski definition) is 7. The molecule has 0 bridgehead atoms. The van der Waals surface area contributed by atoms with Crippen LogP contribution in [0.1, 0.15) is 26.7 Å². The number of nitrogens with one attached hydrogen (secondary N) is 1. The summed E-state index contributed by atoms with van der Waals surface area (Å²) in [4.78, 5) is 8.59. The minimum absolute atomic E-state index is 0.487. The van der Waals surface area contributed by atoms with Gasteiger partial charge in [-0.05, 0) is 29.3 Å². The molecule has 0 fully saturated rings. The van der Waals surface area contributed by atoms with E-state index in [2.05, 4.69) is 44.4 Å². The van der Waals surface area contributed by atoms with Crippen molar-refractivity contribution in [3.8, 4) is 23.0 Å². The van der Waals surface area contributed by atoms with Crippen molar-refractivity contribution < 1.29 is 9.47 Å². The van der Waals surface area contributed by atoms with Gasteiger partial charge in [0.25, 0.3) is 0 Å². The minimum Gasteiger partial charge on any atom is -0.490 e. The third-order valence-corrected chi connectivity index (χ3v) is 3.19. The Morgan fingerprint density at radius 3 is 2.39 bits per heavy atom. The van der Waals surface area contributed by atoms with Crippen LogP contribution in [0.25, 0.3) is 22.4 Å². The van der Waals surface area contributed by atoms with Crippen LogP contribution in [-0.2, 0) is 0 Å². The molecule has 2 aromatic heterocycles. The molecule has 0 aliphatic heterocycles. The third kappa shape index (κ3) is 3.20. The summed E-state index contributed by atoms with van der Waals surface area (Å²) in [6.07, 6.45) is 3.32. The molecule has 0 unspecified atom stereocenters. The summed E-state index contributed by atoms with van der Waals surface area (Å²) < 4.78 is 11.6. The average Bonchev–Trinajstić information content (AvgIpc) is 3.11. The predicted molar refractivity (Wildman–Crippen MR) is 84.3 cm³/mol. The lowest BCUT2D eigenvalue weighted by molar-refractivity contribution is 0.269. The summed E-state index contributed by atoms with van der Waals surface area (Å²) in [6, 6.07) is 3.75. The molecule has 0 saturated carbocycles. The molecule has 3 rings (SSSR count). The van der Waals surface area contributed by atoms with E-state index in [4.69, 9.17) is 9.47 Å². The van der Waals surface area contributed by atoms with Crippen LogP contribution in [0, 0.1) is 0 Å². The molecule has 0 aliphatic carbocycles. The van der Waals surface area contributed by atoms with E-state index in [9.17, 15) is 0 Å². The number of ether oxygens (including phenoxy) is 2. The quantitative estimate of drug-likeness (QED) is 0.714. The third-order valence-electron chi connectivity index (χ3n) is 3.19. The van der Waals surface area contributed by atoms with Crippen LogP contribution in [-0.4, -0.2) is 43.8 Å². The van der Waals surface area contributed by atoms with E-state index < -0.39 is 0 Å². The van der Waals surface area contributed by atoms with Crippen LogP contribution in [0.4, 0.5) is 0 Å². The smallest absolute Gasteiger partial charge is 0.198 e. The van der Waals surface area contributed by atoms with E-state index in [1.165, 1.54) is 6.33 Å². The monoisotopic (exact) mass is 314 g/mol. The Hall–Kier alpha value is -2.77. The highest BCUT2D eigenvalue weighted by atomic mass is 16.5. The highest BCUT2D eigenvalue weighted by Gasteiger charge is 2.15. The molecule has 0 aliphatic rings. The van der Waals surface area contributed by atoms with Crippen molar-refractivity contribution in [1.82, 2.24) is 30.6 Å². The Balaban J connectivity index is 2.10. The lowest BCUT2D eigenvalue weighted by Crippen LogP contribution is -2.02. The van der Waals surface area contributed by atoms with Gasteiger partial charge in [0.15, 0.2) is 17.3 Å². The number of tetrazole rings is 1. The Bertz CT molecular complexity index is 775. The Morgan fingerprint density at radius 1 is 1.00 bits per heavy atom. The van der Waals surface area contributed by atoms with E-state index in [0.717, 1.165) is 23.7 Å². The van der Waals surface area contributed by atoms with Crippen molar-refractivity contribution in [3.05, 3.63) is 18.5 Å². The zero-order valence-electron chi connectivity index (χ0n) is 13.1. The van der Waals surface area contributed by atoms with Gasteiger partial charge in [-0.15, -0.1) is 5.10 Å². The Kier molecular flexibility index (Phi) is 4.60. The predicted octanol–water partition coefficient (Wildman–Crippen LogP) is 2.39. The molecule has 8 heteroatoms. The van der Waals surface area contributed by atoms with E-state index >= 15 is 0 Å². The lowest BCUT2D eigenvalue weighted by atomic mass is 10.1. The van der Waals surface area contributed by atoms with Gasteiger partial charge in [0, 0.05) is 11.5 Å². The molecule has 3 aromatic rings. The van der Waals surface area contributed by atoms with Crippen molar-refractivity contribution in [1.29, 1.82) is 0 Å². The first-order valence-corrected chi connectivity index (χ1v) is 7.62. The largest absolute Gasteiger partial charge is 0.490 e. The topological polar surface area (TPSA) is 98.7 Å². The van der Waals surface area contributed by atoms with Crippen LogP contribution in [0.5, 0.6) is 11.5 Å². The maximum absolute atomic E-state index is 5.82. The standard InChI is InChI=1S/C15H18N6O2/c1-3-5-22-12-7-10-11(8-13(12)23-6-4-2)16-9-17-14(10)15-18-20-21-19-15/h7-9H,3-6H2,1-2H3,(H,18,19,20,21). The van der Waals surface area contributed by atoms with Gasteiger partial charge in [0.1, 0.15) is 12.0 Å². The molecule has 0 amide bonds. The molecule has 23 heavy (non-hydrogen) atoms. The van der Waals surface area contributed by atoms with Crippen molar-refractivity contribution in [2.45, 2.75) is 26.7 Å². The first-order valence-electron chi connectivity index (χ1n) is 7.62. The maximum Gasteiger partial charge on any atom is 0.198 e. The number of benzene rings is 1. The molecule has 2 heterocycles. The molecule has 1 aromatic carbocycles. The molecule has 1 N–H and O–H groups in total. The number of aromatic nitrogens is 6. The maximum atomic E-state index is 5.82. The van der Waals surface area contributed by atoms with Crippen LogP contribution in [0.2, 0.25) is 0 Å². The number of hydrogen-bond donors (Lipinski definition) is 1.